The van der Waals surface area contributed by atoms with Crippen LogP contribution in [0.3, 0.4) is 0 Å². The van der Waals surface area contributed by atoms with E-state index in [2.05, 4.69) is 14.9 Å². The Hall–Kier alpha value is -2.50. The van der Waals surface area contributed by atoms with Gasteiger partial charge in [-0.1, -0.05) is 0 Å². The average Bonchev–Trinajstić information content (AvgIpc) is 2.99. The lowest BCUT2D eigenvalue weighted by molar-refractivity contribution is 0.101. The standard InChI is InChI=1S/C20H25N5O/c1-14(26)15-5-6-17(21-11-15)25-10-4-8-20(13-25)9-7-16-12-22-19(24(2)3)23-18(16)20/h5-6,11-12H,4,7-10,13H2,1-3H3. The van der Waals surface area contributed by atoms with E-state index in [9.17, 15) is 4.79 Å². The van der Waals surface area contributed by atoms with Gasteiger partial charge in [0.2, 0.25) is 5.95 Å². The molecule has 6 heteroatoms. The van der Waals surface area contributed by atoms with Crippen LogP contribution in [0.5, 0.6) is 0 Å². The van der Waals surface area contributed by atoms with E-state index >= 15 is 0 Å². The van der Waals surface area contributed by atoms with Gasteiger partial charge in [0.25, 0.3) is 0 Å². The van der Waals surface area contributed by atoms with E-state index in [1.54, 1.807) is 13.1 Å². The Kier molecular flexibility index (Phi) is 4.13. The fraction of sp³-hybridized carbons (Fsp3) is 0.500. The molecular weight excluding hydrogens is 326 g/mol. The Balaban J connectivity index is 1.64. The minimum Gasteiger partial charge on any atom is -0.356 e. The van der Waals surface area contributed by atoms with Crippen molar-refractivity contribution in [1.29, 1.82) is 0 Å². The second-order valence-electron chi connectivity index (χ2n) is 7.70. The summed E-state index contributed by atoms with van der Waals surface area (Å²) in [6, 6.07) is 3.84. The number of anilines is 2. The molecule has 3 heterocycles. The molecule has 2 aromatic heterocycles. The van der Waals surface area contributed by atoms with Crippen molar-refractivity contribution in [2.24, 2.45) is 0 Å². The van der Waals surface area contributed by atoms with Gasteiger partial charge >= 0.3 is 0 Å². The Bertz CT molecular complexity index is 829. The van der Waals surface area contributed by atoms with Crippen LogP contribution in [0.1, 0.15) is 47.8 Å². The number of piperidine rings is 1. The molecule has 136 valence electrons. The van der Waals surface area contributed by atoms with Gasteiger partial charge in [0.05, 0.1) is 5.69 Å². The first-order valence-electron chi connectivity index (χ1n) is 9.24. The van der Waals surface area contributed by atoms with Gasteiger partial charge in [-0.25, -0.2) is 15.0 Å². The number of aromatic nitrogens is 3. The number of carbonyl (C=O) groups excluding carboxylic acids is 1. The largest absolute Gasteiger partial charge is 0.356 e. The zero-order chi connectivity index (χ0) is 18.3. The summed E-state index contributed by atoms with van der Waals surface area (Å²) in [6.07, 6.45) is 8.14. The summed E-state index contributed by atoms with van der Waals surface area (Å²) < 4.78 is 0. The third kappa shape index (κ3) is 2.83. The van der Waals surface area contributed by atoms with Crippen LogP contribution in [0, 0.1) is 0 Å². The van der Waals surface area contributed by atoms with E-state index in [0.717, 1.165) is 50.5 Å². The normalized spacial score (nSPS) is 21.7. The van der Waals surface area contributed by atoms with Crippen molar-refractivity contribution in [2.45, 2.75) is 38.0 Å². The van der Waals surface area contributed by atoms with E-state index in [0.29, 0.717) is 5.56 Å². The van der Waals surface area contributed by atoms with Crippen molar-refractivity contribution in [2.75, 3.05) is 37.0 Å². The van der Waals surface area contributed by atoms with Gasteiger partial charge in [-0.2, -0.15) is 0 Å². The lowest BCUT2D eigenvalue weighted by atomic mass is 9.77. The first kappa shape index (κ1) is 16.9. The molecule has 0 bridgehead atoms. The van der Waals surface area contributed by atoms with E-state index in [-0.39, 0.29) is 11.2 Å². The number of hydrogen-bond donors (Lipinski definition) is 0. The van der Waals surface area contributed by atoms with Crippen LogP contribution in [0.15, 0.2) is 24.5 Å². The first-order valence-corrected chi connectivity index (χ1v) is 9.24. The third-order valence-electron chi connectivity index (χ3n) is 5.68. The summed E-state index contributed by atoms with van der Waals surface area (Å²) in [5.74, 6) is 1.78. The van der Waals surface area contributed by atoms with E-state index < -0.39 is 0 Å². The van der Waals surface area contributed by atoms with Gasteiger partial charge in [-0.05, 0) is 50.3 Å². The second kappa shape index (κ2) is 6.34. The number of ketones is 1. The molecule has 2 aliphatic rings. The summed E-state index contributed by atoms with van der Waals surface area (Å²) in [5, 5.41) is 0. The molecule has 0 amide bonds. The molecule has 4 rings (SSSR count). The van der Waals surface area contributed by atoms with Crippen LogP contribution in [0.25, 0.3) is 0 Å². The number of nitrogens with zero attached hydrogens (tertiary/aromatic N) is 5. The number of carbonyl (C=O) groups is 1. The molecule has 1 aliphatic carbocycles. The van der Waals surface area contributed by atoms with Crippen LogP contribution < -0.4 is 9.80 Å². The van der Waals surface area contributed by atoms with Crippen LogP contribution in [0.2, 0.25) is 0 Å². The molecule has 1 aliphatic heterocycles. The van der Waals surface area contributed by atoms with Gasteiger partial charge in [0, 0.05) is 50.6 Å². The quantitative estimate of drug-likeness (QED) is 0.792. The van der Waals surface area contributed by atoms with E-state index in [4.69, 9.17) is 4.98 Å². The van der Waals surface area contributed by atoms with Crippen molar-refractivity contribution < 1.29 is 4.79 Å². The van der Waals surface area contributed by atoms with Crippen LogP contribution in [-0.4, -0.2) is 47.9 Å². The molecule has 1 fully saturated rings. The van der Waals surface area contributed by atoms with Crippen molar-refractivity contribution in [3.05, 3.63) is 41.3 Å². The molecule has 2 aromatic rings. The van der Waals surface area contributed by atoms with Gasteiger partial charge in [0.1, 0.15) is 5.82 Å². The van der Waals surface area contributed by atoms with Crippen LogP contribution in [-0.2, 0) is 11.8 Å². The number of hydrogen-bond acceptors (Lipinski definition) is 6. The number of rotatable bonds is 3. The lowest BCUT2D eigenvalue weighted by Gasteiger charge is -2.41. The van der Waals surface area contributed by atoms with Gasteiger partial charge < -0.3 is 9.80 Å². The van der Waals surface area contributed by atoms with E-state index in [1.807, 2.05) is 37.3 Å². The SMILES string of the molecule is CC(=O)c1ccc(N2CCCC3(CCc4cnc(N(C)C)nc43)C2)nc1. The van der Waals surface area contributed by atoms with Crippen LogP contribution >= 0.6 is 0 Å². The van der Waals surface area contributed by atoms with Crippen molar-refractivity contribution in [3.8, 4) is 0 Å². The van der Waals surface area contributed by atoms with Crippen molar-refractivity contribution in [1.82, 2.24) is 15.0 Å². The molecule has 1 atom stereocenters. The Morgan fingerprint density at radius 1 is 1.19 bits per heavy atom. The zero-order valence-corrected chi connectivity index (χ0v) is 15.7. The molecule has 1 unspecified atom stereocenters. The second-order valence-corrected chi connectivity index (χ2v) is 7.70. The molecule has 0 radical (unpaired) electrons. The maximum atomic E-state index is 11.5. The van der Waals surface area contributed by atoms with Gasteiger partial charge in [-0.3, -0.25) is 4.79 Å². The molecule has 6 nitrogen and oxygen atoms in total. The van der Waals surface area contributed by atoms with E-state index in [1.165, 1.54) is 11.3 Å². The molecule has 1 saturated heterocycles. The Morgan fingerprint density at radius 3 is 2.73 bits per heavy atom. The van der Waals surface area contributed by atoms with Crippen molar-refractivity contribution in [3.63, 3.8) is 0 Å². The Labute approximate surface area is 154 Å². The minimum absolute atomic E-state index is 0.0526. The summed E-state index contributed by atoms with van der Waals surface area (Å²) in [5.41, 5.74) is 3.26. The highest BCUT2D eigenvalue weighted by Crippen LogP contribution is 2.44. The molecule has 1 spiro atoms. The maximum absolute atomic E-state index is 11.5. The highest BCUT2D eigenvalue weighted by atomic mass is 16.1. The summed E-state index contributed by atoms with van der Waals surface area (Å²) in [4.78, 5) is 29.8. The monoisotopic (exact) mass is 351 g/mol. The Morgan fingerprint density at radius 2 is 2.04 bits per heavy atom. The smallest absolute Gasteiger partial charge is 0.225 e. The molecule has 0 N–H and O–H groups in total. The van der Waals surface area contributed by atoms with Crippen molar-refractivity contribution >= 4 is 17.5 Å². The third-order valence-corrected chi connectivity index (χ3v) is 5.68. The predicted octanol–water partition coefficient (Wildman–Crippen LogP) is 2.62. The average molecular weight is 351 g/mol. The topological polar surface area (TPSA) is 62.2 Å². The molecule has 26 heavy (non-hydrogen) atoms. The van der Waals surface area contributed by atoms with Gasteiger partial charge in [0.15, 0.2) is 5.78 Å². The highest BCUT2D eigenvalue weighted by Gasteiger charge is 2.44. The minimum atomic E-state index is 0.0526. The predicted molar refractivity (Wildman–Crippen MR) is 102 cm³/mol. The number of fused-ring (bicyclic) bond motifs is 2. The molecule has 0 aromatic carbocycles. The highest BCUT2D eigenvalue weighted by molar-refractivity contribution is 5.93. The molecular formula is C20H25N5O. The summed E-state index contributed by atoms with van der Waals surface area (Å²) in [6.45, 7) is 3.50. The summed E-state index contributed by atoms with van der Waals surface area (Å²) >= 11 is 0. The fourth-order valence-corrected chi connectivity index (χ4v) is 4.25. The van der Waals surface area contributed by atoms with Gasteiger partial charge in [-0.15, -0.1) is 0 Å². The summed E-state index contributed by atoms with van der Waals surface area (Å²) in [7, 11) is 3.97. The molecule has 0 saturated carbocycles. The maximum Gasteiger partial charge on any atom is 0.225 e. The fourth-order valence-electron chi connectivity index (χ4n) is 4.25. The number of aryl methyl sites for hydroxylation is 1. The van der Waals surface area contributed by atoms with Crippen LogP contribution in [0.4, 0.5) is 11.8 Å². The first-order chi connectivity index (χ1) is 12.5. The zero-order valence-electron chi connectivity index (χ0n) is 15.7. The lowest BCUT2D eigenvalue weighted by Crippen LogP contribution is -2.46. The number of pyridine rings is 1. The number of Topliss-reactive ketones (excluding diaryl/α,β-unsaturated/α-hetero) is 1.